The number of nitrogens with zero attached hydrogens (tertiary/aromatic N) is 1. The van der Waals surface area contributed by atoms with Crippen LogP contribution in [0.3, 0.4) is 0 Å². The zero-order valence-corrected chi connectivity index (χ0v) is 8.53. The molecule has 78 valence electrons. The molecule has 0 saturated heterocycles. The van der Waals surface area contributed by atoms with Gasteiger partial charge in [-0.3, -0.25) is 0 Å². The number of benzene rings is 1. The highest BCUT2D eigenvalue weighted by atomic mass is 16.5. The van der Waals surface area contributed by atoms with E-state index < -0.39 is 0 Å². The molecule has 0 amide bonds. The summed E-state index contributed by atoms with van der Waals surface area (Å²) < 4.78 is 5.40. The molecule has 0 bridgehead atoms. The van der Waals surface area contributed by atoms with Crippen LogP contribution in [0.4, 0.5) is 5.69 Å². The third-order valence-electron chi connectivity index (χ3n) is 1.84. The van der Waals surface area contributed by atoms with E-state index in [-0.39, 0.29) is 5.75 Å². The molecule has 4 heteroatoms. The van der Waals surface area contributed by atoms with Crippen LogP contribution in [-0.4, -0.2) is 37.3 Å². The summed E-state index contributed by atoms with van der Waals surface area (Å²) in [4.78, 5) is 2.01. The van der Waals surface area contributed by atoms with Crippen molar-refractivity contribution >= 4 is 5.69 Å². The van der Waals surface area contributed by atoms with Crippen LogP contribution in [-0.2, 0) is 0 Å². The van der Waals surface area contributed by atoms with Gasteiger partial charge in [0, 0.05) is 6.54 Å². The molecule has 1 aromatic rings. The molecule has 0 aromatic heterocycles. The molecule has 14 heavy (non-hydrogen) atoms. The molecule has 0 heterocycles. The number of hydrogen-bond donors (Lipinski definition) is 2. The highest BCUT2D eigenvalue weighted by Crippen LogP contribution is 2.29. The van der Waals surface area contributed by atoms with Crippen LogP contribution >= 0.6 is 0 Å². The lowest BCUT2D eigenvalue weighted by Crippen LogP contribution is -2.19. The number of nitrogens with two attached hydrogens (primary N) is 1. The van der Waals surface area contributed by atoms with E-state index in [4.69, 9.17) is 10.5 Å². The molecule has 1 aromatic carbocycles. The summed E-state index contributed by atoms with van der Waals surface area (Å²) >= 11 is 0. The average molecular weight is 196 g/mol. The van der Waals surface area contributed by atoms with Crippen molar-refractivity contribution in [1.29, 1.82) is 0 Å². The van der Waals surface area contributed by atoms with E-state index in [0.29, 0.717) is 18.0 Å². The van der Waals surface area contributed by atoms with Gasteiger partial charge in [-0.15, -0.1) is 0 Å². The molecule has 0 unspecified atom stereocenters. The van der Waals surface area contributed by atoms with Crippen LogP contribution in [0.2, 0.25) is 0 Å². The maximum atomic E-state index is 9.29. The number of nitrogen functional groups attached to an aromatic ring is 1. The van der Waals surface area contributed by atoms with Crippen molar-refractivity contribution in [3.8, 4) is 11.5 Å². The van der Waals surface area contributed by atoms with Crippen molar-refractivity contribution < 1.29 is 9.84 Å². The first-order valence-electron chi connectivity index (χ1n) is 4.46. The summed E-state index contributed by atoms with van der Waals surface area (Å²) in [5.74, 6) is 0.596. The van der Waals surface area contributed by atoms with Gasteiger partial charge in [0.2, 0.25) is 0 Å². The quantitative estimate of drug-likeness (QED) is 0.555. The van der Waals surface area contributed by atoms with Crippen molar-refractivity contribution in [3.05, 3.63) is 18.2 Å². The van der Waals surface area contributed by atoms with E-state index in [2.05, 4.69) is 0 Å². The number of para-hydroxylation sites is 1. The van der Waals surface area contributed by atoms with Crippen molar-refractivity contribution in [2.45, 2.75) is 0 Å². The van der Waals surface area contributed by atoms with E-state index >= 15 is 0 Å². The monoisotopic (exact) mass is 196 g/mol. The molecular formula is C10H16N2O2. The van der Waals surface area contributed by atoms with Gasteiger partial charge in [-0.2, -0.15) is 0 Å². The van der Waals surface area contributed by atoms with Crippen LogP contribution in [0.1, 0.15) is 0 Å². The Morgan fingerprint density at radius 2 is 2.14 bits per heavy atom. The van der Waals surface area contributed by atoms with Crippen LogP contribution in [0.5, 0.6) is 11.5 Å². The predicted molar refractivity (Wildman–Crippen MR) is 56.6 cm³/mol. The first-order chi connectivity index (χ1) is 6.61. The standard InChI is InChI=1S/C10H16N2O2/c1-12(2)6-7-14-9-5-3-4-8(13)10(9)11/h3-5,13H,6-7,11H2,1-2H3. The van der Waals surface area contributed by atoms with E-state index in [1.165, 1.54) is 6.07 Å². The zero-order valence-electron chi connectivity index (χ0n) is 8.53. The minimum absolute atomic E-state index is 0.0624. The normalized spacial score (nSPS) is 10.5. The van der Waals surface area contributed by atoms with Crippen LogP contribution in [0.25, 0.3) is 0 Å². The lowest BCUT2D eigenvalue weighted by molar-refractivity contribution is 0.262. The summed E-state index contributed by atoms with van der Waals surface area (Å²) in [5, 5.41) is 9.29. The summed E-state index contributed by atoms with van der Waals surface area (Å²) in [6.45, 7) is 1.37. The number of ether oxygens (including phenoxy) is 1. The third-order valence-corrected chi connectivity index (χ3v) is 1.84. The Bertz CT molecular complexity index is 300. The highest BCUT2D eigenvalue weighted by Gasteiger charge is 2.03. The Hall–Kier alpha value is -1.42. The molecule has 0 radical (unpaired) electrons. The number of aromatic hydroxyl groups is 1. The minimum Gasteiger partial charge on any atom is -0.506 e. The molecule has 0 spiro atoms. The first-order valence-corrected chi connectivity index (χ1v) is 4.46. The SMILES string of the molecule is CN(C)CCOc1cccc(O)c1N. The highest BCUT2D eigenvalue weighted by molar-refractivity contribution is 5.61. The zero-order chi connectivity index (χ0) is 10.6. The summed E-state index contributed by atoms with van der Waals surface area (Å²) in [6, 6.07) is 4.98. The van der Waals surface area contributed by atoms with Crippen molar-refractivity contribution in [3.63, 3.8) is 0 Å². The van der Waals surface area contributed by atoms with E-state index in [9.17, 15) is 5.11 Å². The number of hydrogen-bond acceptors (Lipinski definition) is 4. The van der Waals surface area contributed by atoms with Crippen LogP contribution < -0.4 is 10.5 Å². The molecule has 4 nitrogen and oxygen atoms in total. The number of phenols is 1. The number of phenolic OH excluding ortho intramolecular Hbond substituents is 1. The number of likely N-dealkylation sites (N-methyl/N-ethyl adjacent to an activating group) is 1. The van der Waals surface area contributed by atoms with Crippen molar-refractivity contribution in [2.24, 2.45) is 0 Å². The largest absolute Gasteiger partial charge is 0.506 e. The van der Waals surface area contributed by atoms with Gasteiger partial charge in [0.05, 0.1) is 0 Å². The van der Waals surface area contributed by atoms with Crippen LogP contribution in [0.15, 0.2) is 18.2 Å². The molecule has 1 rings (SSSR count). The Kier molecular flexibility index (Phi) is 3.59. The van der Waals surface area contributed by atoms with Gasteiger partial charge in [-0.05, 0) is 26.2 Å². The fourth-order valence-electron chi connectivity index (χ4n) is 0.996. The second-order valence-electron chi connectivity index (χ2n) is 3.34. The third kappa shape index (κ3) is 2.81. The van der Waals surface area contributed by atoms with Gasteiger partial charge in [0.25, 0.3) is 0 Å². The Morgan fingerprint density at radius 3 is 2.79 bits per heavy atom. The lowest BCUT2D eigenvalue weighted by Gasteiger charge is -2.12. The summed E-state index contributed by atoms with van der Waals surface area (Å²) in [5.41, 5.74) is 5.91. The second-order valence-corrected chi connectivity index (χ2v) is 3.34. The van der Waals surface area contributed by atoms with Crippen LogP contribution in [0, 0.1) is 0 Å². The Balaban J connectivity index is 2.54. The predicted octanol–water partition coefficient (Wildman–Crippen LogP) is 0.915. The summed E-state index contributed by atoms with van der Waals surface area (Å²) in [7, 11) is 3.93. The Morgan fingerprint density at radius 1 is 1.43 bits per heavy atom. The van der Waals surface area contributed by atoms with Gasteiger partial charge >= 0.3 is 0 Å². The van der Waals surface area contributed by atoms with Crippen molar-refractivity contribution in [2.75, 3.05) is 33.0 Å². The molecule has 0 saturated carbocycles. The molecule has 3 N–H and O–H groups in total. The molecule has 0 aliphatic carbocycles. The van der Waals surface area contributed by atoms with Gasteiger partial charge in [-0.25, -0.2) is 0 Å². The van der Waals surface area contributed by atoms with Gasteiger partial charge in [0.15, 0.2) is 0 Å². The second kappa shape index (κ2) is 4.72. The van der Waals surface area contributed by atoms with E-state index in [0.717, 1.165) is 6.54 Å². The van der Waals surface area contributed by atoms with Crippen molar-refractivity contribution in [1.82, 2.24) is 4.90 Å². The molecular weight excluding hydrogens is 180 g/mol. The van der Waals surface area contributed by atoms with Gasteiger partial charge in [-0.1, -0.05) is 6.07 Å². The van der Waals surface area contributed by atoms with Gasteiger partial charge in [0.1, 0.15) is 23.8 Å². The summed E-state index contributed by atoms with van der Waals surface area (Å²) in [6.07, 6.45) is 0. The van der Waals surface area contributed by atoms with Gasteiger partial charge < -0.3 is 20.5 Å². The fourth-order valence-corrected chi connectivity index (χ4v) is 0.996. The minimum atomic E-state index is 0.0624. The maximum absolute atomic E-state index is 9.29. The van der Waals surface area contributed by atoms with E-state index in [1.807, 2.05) is 19.0 Å². The first kappa shape index (κ1) is 10.7. The molecule has 0 aliphatic rings. The van der Waals surface area contributed by atoms with E-state index in [1.54, 1.807) is 12.1 Å². The number of rotatable bonds is 4. The molecule has 0 atom stereocenters. The average Bonchev–Trinajstić information content (AvgIpc) is 2.12. The topological polar surface area (TPSA) is 58.7 Å². The maximum Gasteiger partial charge on any atom is 0.146 e. The smallest absolute Gasteiger partial charge is 0.146 e. The lowest BCUT2D eigenvalue weighted by atomic mass is 10.3. The fraction of sp³-hybridized carbons (Fsp3) is 0.400. The number of anilines is 1. The molecule has 0 fully saturated rings. The molecule has 0 aliphatic heterocycles. The Labute approximate surface area is 83.9 Å².